The minimum atomic E-state index is 0. The van der Waals surface area contributed by atoms with Gasteiger partial charge in [-0.1, -0.05) is 70.2 Å². The van der Waals surface area contributed by atoms with Crippen LogP contribution < -0.4 is 0 Å². The van der Waals surface area contributed by atoms with Gasteiger partial charge in [-0.3, -0.25) is 0 Å². The molecule has 0 spiro atoms. The SMILES string of the molecule is C[N+]1=C=[N+](c2[c-]cc3c4ccccc4n(-c4ccccc4)c3c2)C=C1.Cc1c[c-]c(-c2cc(C)c(C)cn2)cc1.[Ir]. The van der Waals surface area contributed by atoms with Crippen molar-refractivity contribution in [3.05, 3.63) is 138 Å². The normalized spacial score (nSPS) is 12.0. The Morgan fingerprint density at radius 2 is 1.54 bits per heavy atom. The summed E-state index contributed by atoms with van der Waals surface area (Å²) in [7, 11) is 1.97. The molecule has 4 aromatic carbocycles. The van der Waals surface area contributed by atoms with E-state index in [1.165, 1.54) is 38.5 Å². The number of nitrogens with zero attached hydrogens (tertiary/aromatic N) is 4. The predicted octanol–water partition coefficient (Wildman–Crippen LogP) is 8.00. The molecule has 0 fully saturated rings. The summed E-state index contributed by atoms with van der Waals surface area (Å²) in [5.74, 6) is 0. The van der Waals surface area contributed by atoms with Crippen molar-refractivity contribution in [3.8, 4) is 16.9 Å². The molecule has 0 aliphatic carbocycles. The molecule has 2 aromatic heterocycles. The molecule has 7 rings (SSSR count). The minimum absolute atomic E-state index is 0. The second-order valence-corrected chi connectivity index (χ2v) is 10.1. The average molecular weight is 711 g/mol. The standard InChI is InChI=1S/C22H16N3.C14H14N.Ir/c1-23-13-14-24(16-23)18-11-12-20-19-9-5-6-10-21(19)25(22(20)15-18)17-7-3-2-4-8-17;1-10-4-6-13(7-5-10)14-8-11(2)12(3)9-15-14;/h2-10,12-15H,1H3;4-6,8-9H,1-3H3;/q+1;-1;. The topological polar surface area (TPSA) is 23.8 Å². The Balaban J connectivity index is 0.000000182. The molecule has 1 aliphatic rings. The van der Waals surface area contributed by atoms with Crippen LogP contribution >= 0.6 is 0 Å². The number of para-hydroxylation sites is 2. The van der Waals surface area contributed by atoms with E-state index in [4.69, 9.17) is 0 Å². The van der Waals surface area contributed by atoms with Gasteiger partial charge >= 0.3 is 6.01 Å². The van der Waals surface area contributed by atoms with Crippen LogP contribution in [0.5, 0.6) is 0 Å². The molecule has 0 N–H and O–H groups in total. The third kappa shape index (κ3) is 5.75. The van der Waals surface area contributed by atoms with Gasteiger partial charge in [0.05, 0.1) is 0 Å². The second kappa shape index (κ2) is 12.0. The Morgan fingerprint density at radius 1 is 0.756 bits per heavy atom. The fourth-order valence-corrected chi connectivity index (χ4v) is 4.86. The zero-order valence-electron chi connectivity index (χ0n) is 23.5. The summed E-state index contributed by atoms with van der Waals surface area (Å²) in [6.07, 6.45) is 5.89. The minimum Gasteiger partial charge on any atom is -0.334 e. The van der Waals surface area contributed by atoms with E-state index in [9.17, 15) is 0 Å². The Bertz CT molecular complexity index is 1960. The molecule has 0 bridgehead atoms. The first-order chi connectivity index (χ1) is 19.5. The fourth-order valence-electron chi connectivity index (χ4n) is 4.86. The van der Waals surface area contributed by atoms with Crippen LogP contribution in [-0.2, 0) is 20.1 Å². The summed E-state index contributed by atoms with van der Waals surface area (Å²) < 4.78 is 6.18. The van der Waals surface area contributed by atoms with E-state index in [0.29, 0.717) is 0 Å². The van der Waals surface area contributed by atoms with Crippen LogP contribution in [0.3, 0.4) is 0 Å². The molecule has 0 atom stereocenters. The van der Waals surface area contributed by atoms with Gasteiger partial charge in [-0.25, -0.2) is 0 Å². The molecule has 1 radical (unpaired) electrons. The number of benzene rings is 4. The molecule has 1 aliphatic heterocycles. The van der Waals surface area contributed by atoms with Crippen molar-refractivity contribution >= 4 is 33.5 Å². The molecule has 0 saturated heterocycles. The van der Waals surface area contributed by atoms with Crippen LogP contribution in [0.1, 0.15) is 16.7 Å². The Kier molecular flexibility index (Phi) is 8.23. The van der Waals surface area contributed by atoms with E-state index in [2.05, 4.69) is 127 Å². The van der Waals surface area contributed by atoms with Crippen LogP contribution in [0, 0.1) is 32.9 Å². The van der Waals surface area contributed by atoms with Crippen molar-refractivity contribution < 1.29 is 29.3 Å². The maximum Gasteiger partial charge on any atom is 0.493 e. The van der Waals surface area contributed by atoms with Crippen molar-refractivity contribution in [3.63, 3.8) is 0 Å². The number of fused-ring (bicyclic) bond motifs is 3. The largest absolute Gasteiger partial charge is 0.493 e. The van der Waals surface area contributed by atoms with Crippen molar-refractivity contribution in [1.82, 2.24) is 9.55 Å². The predicted molar refractivity (Wildman–Crippen MR) is 163 cm³/mol. The Labute approximate surface area is 254 Å². The van der Waals surface area contributed by atoms with Gasteiger partial charge in [-0.05, 0) is 54.2 Å². The number of aromatic nitrogens is 2. The second-order valence-electron chi connectivity index (χ2n) is 10.1. The van der Waals surface area contributed by atoms with Gasteiger partial charge in [0.15, 0.2) is 7.05 Å². The van der Waals surface area contributed by atoms with Crippen molar-refractivity contribution in [2.24, 2.45) is 0 Å². The molecule has 0 unspecified atom stereocenters. The summed E-state index contributed by atoms with van der Waals surface area (Å²) in [6, 6.07) is 41.4. The average Bonchev–Trinajstić information content (AvgIpc) is 3.56. The first-order valence-corrected chi connectivity index (χ1v) is 13.4. The summed E-state index contributed by atoms with van der Waals surface area (Å²) in [5, 5.41) is 2.45. The molecule has 0 saturated carbocycles. The first-order valence-electron chi connectivity index (χ1n) is 13.4. The number of hydrogen-bond acceptors (Lipinski definition) is 1. The maximum absolute atomic E-state index is 4.41. The van der Waals surface area contributed by atoms with Crippen LogP contribution in [0.2, 0.25) is 0 Å². The third-order valence-electron chi connectivity index (χ3n) is 7.19. The molecule has 6 aromatic rings. The number of aryl methyl sites for hydroxylation is 3. The van der Waals surface area contributed by atoms with Crippen LogP contribution in [0.25, 0.3) is 38.8 Å². The third-order valence-corrected chi connectivity index (χ3v) is 7.19. The van der Waals surface area contributed by atoms with Gasteiger partial charge in [0.25, 0.3) is 6.20 Å². The number of hydrogen-bond donors (Lipinski definition) is 0. The van der Waals surface area contributed by atoms with Crippen LogP contribution in [-0.4, -0.2) is 31.8 Å². The van der Waals surface area contributed by atoms with Gasteiger partial charge in [-0.15, -0.1) is 46.8 Å². The molecule has 0 amide bonds. The van der Waals surface area contributed by atoms with E-state index in [1.54, 1.807) is 0 Å². The van der Waals surface area contributed by atoms with Gasteiger partial charge in [0, 0.05) is 37.5 Å². The van der Waals surface area contributed by atoms with Gasteiger partial charge in [0.2, 0.25) is 6.20 Å². The van der Waals surface area contributed by atoms with E-state index in [0.717, 1.165) is 22.6 Å². The fraction of sp³-hybridized carbons (Fsp3) is 0.111. The van der Waals surface area contributed by atoms with E-state index >= 15 is 0 Å². The Hall–Kier alpha value is -4.40. The monoisotopic (exact) mass is 711 g/mol. The summed E-state index contributed by atoms with van der Waals surface area (Å²) in [5.41, 5.74) is 10.3. The summed E-state index contributed by atoms with van der Waals surface area (Å²) >= 11 is 0. The van der Waals surface area contributed by atoms with Crippen LogP contribution in [0.4, 0.5) is 5.69 Å². The van der Waals surface area contributed by atoms with Crippen molar-refractivity contribution in [2.75, 3.05) is 7.05 Å². The molecular weight excluding hydrogens is 681 g/mol. The molecule has 203 valence electrons. The van der Waals surface area contributed by atoms with Crippen molar-refractivity contribution in [2.45, 2.75) is 20.8 Å². The summed E-state index contributed by atoms with van der Waals surface area (Å²) in [4.78, 5) is 4.41. The smallest absolute Gasteiger partial charge is 0.334 e. The first kappa shape index (κ1) is 28.1. The Morgan fingerprint density at radius 3 is 2.24 bits per heavy atom. The zero-order chi connectivity index (χ0) is 27.6. The van der Waals surface area contributed by atoms with E-state index in [1.807, 2.05) is 46.9 Å². The maximum atomic E-state index is 4.41. The van der Waals surface area contributed by atoms with Crippen LogP contribution in [0.15, 0.2) is 110 Å². The van der Waals surface area contributed by atoms with Crippen molar-refractivity contribution in [1.29, 1.82) is 0 Å². The molecular formula is C36H30IrN4. The van der Waals surface area contributed by atoms with E-state index in [-0.39, 0.29) is 20.1 Å². The number of rotatable bonds is 3. The quantitative estimate of drug-likeness (QED) is 0.135. The molecule has 4 nitrogen and oxygen atoms in total. The molecule has 5 heteroatoms. The van der Waals surface area contributed by atoms with Gasteiger partial charge in [-0.2, -0.15) is 6.07 Å². The zero-order valence-corrected chi connectivity index (χ0v) is 25.9. The number of pyridine rings is 1. The van der Waals surface area contributed by atoms with E-state index < -0.39 is 0 Å². The van der Waals surface area contributed by atoms with Gasteiger partial charge in [0.1, 0.15) is 5.69 Å². The van der Waals surface area contributed by atoms with Gasteiger partial charge < -0.3 is 9.55 Å². The summed E-state index contributed by atoms with van der Waals surface area (Å²) in [6.45, 7) is 6.24. The molecule has 3 heterocycles. The molecule has 41 heavy (non-hydrogen) atoms.